The highest BCUT2D eigenvalue weighted by Gasteiger charge is 2.34. The molecule has 9 nitrogen and oxygen atoms in total. The molecule has 3 unspecified atom stereocenters. The maximum Gasteiger partial charge on any atom is 0.340 e. The first-order chi connectivity index (χ1) is 18.0. The molecule has 0 spiro atoms. The van der Waals surface area contributed by atoms with Gasteiger partial charge in [0.25, 0.3) is 10.0 Å². The fraction of sp³-hybridized carbons (Fsp3) is 0.429. The number of esters is 1. The number of anilines is 1. The van der Waals surface area contributed by atoms with Crippen molar-refractivity contribution >= 4 is 33.7 Å². The standard InChI is InChI=1S/C28H35NO8S/c1-17(2)20-12-10-18(3)14-23(20)37-28(32)21-8-6-7-9-22(21)29-38(33,34)25-16-19(11-13-26(30)31)15-24(35-4)27(25)36-5/h6-9,11,13,15-18,20,23,29H,10,12,14H2,1-5H3,(H,30,31)/b13-11+. The van der Waals surface area contributed by atoms with Gasteiger partial charge in [-0.1, -0.05) is 39.3 Å². The highest BCUT2D eigenvalue weighted by atomic mass is 32.2. The maximum absolute atomic E-state index is 13.5. The number of benzene rings is 2. The zero-order chi connectivity index (χ0) is 28.0. The number of aliphatic carboxylic acids is 1. The third-order valence-corrected chi connectivity index (χ3v) is 8.16. The highest BCUT2D eigenvalue weighted by Crippen LogP contribution is 2.38. The van der Waals surface area contributed by atoms with E-state index < -0.39 is 22.0 Å². The summed E-state index contributed by atoms with van der Waals surface area (Å²) in [5.74, 6) is -0.752. The number of rotatable bonds is 10. The van der Waals surface area contributed by atoms with E-state index in [4.69, 9.17) is 19.3 Å². The number of carboxylic acids is 1. The predicted molar refractivity (Wildman–Crippen MR) is 144 cm³/mol. The average molecular weight is 546 g/mol. The molecule has 10 heteroatoms. The Morgan fingerprint density at radius 2 is 1.82 bits per heavy atom. The molecule has 0 bridgehead atoms. The molecule has 1 saturated carbocycles. The summed E-state index contributed by atoms with van der Waals surface area (Å²) in [5, 5.41) is 8.97. The SMILES string of the molecule is COc1cc(/C=C/C(=O)O)cc(S(=O)(=O)Nc2ccccc2C(=O)OC2CC(C)CCC2C(C)C)c1OC. The molecule has 1 fully saturated rings. The Bertz CT molecular complexity index is 1300. The smallest absolute Gasteiger partial charge is 0.340 e. The molecule has 0 aliphatic heterocycles. The van der Waals surface area contributed by atoms with Gasteiger partial charge in [-0.25, -0.2) is 18.0 Å². The molecule has 0 saturated heterocycles. The van der Waals surface area contributed by atoms with E-state index in [1.807, 2.05) is 0 Å². The van der Waals surface area contributed by atoms with Gasteiger partial charge < -0.3 is 19.3 Å². The summed E-state index contributed by atoms with van der Waals surface area (Å²) in [7, 11) is -1.68. The molecule has 0 amide bonds. The van der Waals surface area contributed by atoms with Gasteiger partial charge in [-0.05, 0) is 66.5 Å². The largest absolute Gasteiger partial charge is 0.493 e. The molecule has 1 aliphatic carbocycles. The van der Waals surface area contributed by atoms with Gasteiger partial charge in [-0.2, -0.15) is 0 Å². The maximum atomic E-state index is 13.5. The second kappa shape index (κ2) is 12.3. The second-order valence-electron chi connectivity index (χ2n) is 9.85. The Labute approximate surface area is 223 Å². The normalized spacial score (nSPS) is 19.8. The number of para-hydroxylation sites is 1. The second-order valence-corrected chi connectivity index (χ2v) is 11.5. The minimum absolute atomic E-state index is 0.0509. The Morgan fingerprint density at radius 3 is 2.45 bits per heavy atom. The number of methoxy groups -OCH3 is 2. The molecule has 206 valence electrons. The van der Waals surface area contributed by atoms with Crippen LogP contribution in [0.4, 0.5) is 5.69 Å². The van der Waals surface area contributed by atoms with E-state index >= 15 is 0 Å². The molecule has 0 heterocycles. The fourth-order valence-corrected chi connectivity index (χ4v) is 6.11. The monoisotopic (exact) mass is 545 g/mol. The van der Waals surface area contributed by atoms with Crippen LogP contribution >= 0.6 is 0 Å². The van der Waals surface area contributed by atoms with Crippen LogP contribution in [-0.4, -0.2) is 45.8 Å². The van der Waals surface area contributed by atoms with Crippen molar-refractivity contribution in [1.29, 1.82) is 0 Å². The summed E-state index contributed by atoms with van der Waals surface area (Å²) in [4.78, 5) is 24.0. The first-order valence-corrected chi connectivity index (χ1v) is 13.9. The lowest BCUT2D eigenvalue weighted by Gasteiger charge is -2.36. The molecular formula is C28H35NO8S. The molecule has 3 rings (SSSR count). The van der Waals surface area contributed by atoms with Crippen molar-refractivity contribution in [2.75, 3.05) is 18.9 Å². The van der Waals surface area contributed by atoms with Crippen LogP contribution in [0.2, 0.25) is 0 Å². The molecule has 38 heavy (non-hydrogen) atoms. The summed E-state index contributed by atoms with van der Waals surface area (Å²) in [6.45, 7) is 6.37. The van der Waals surface area contributed by atoms with Crippen molar-refractivity contribution in [3.8, 4) is 11.5 Å². The van der Waals surface area contributed by atoms with Gasteiger partial charge in [-0.15, -0.1) is 0 Å². The summed E-state index contributed by atoms with van der Waals surface area (Å²) < 4.78 is 46.1. The van der Waals surface area contributed by atoms with Gasteiger partial charge in [-0.3, -0.25) is 4.72 Å². The van der Waals surface area contributed by atoms with Crippen molar-refractivity contribution in [3.63, 3.8) is 0 Å². The number of sulfonamides is 1. The topological polar surface area (TPSA) is 128 Å². The van der Waals surface area contributed by atoms with Gasteiger partial charge in [0.05, 0.1) is 25.5 Å². The Kier molecular flexibility index (Phi) is 9.43. The van der Waals surface area contributed by atoms with Gasteiger partial charge in [0.15, 0.2) is 11.5 Å². The van der Waals surface area contributed by atoms with Crippen molar-refractivity contribution in [2.45, 2.75) is 51.0 Å². The average Bonchev–Trinajstić information content (AvgIpc) is 2.86. The van der Waals surface area contributed by atoms with Crippen LogP contribution in [0.25, 0.3) is 6.08 Å². The first-order valence-electron chi connectivity index (χ1n) is 12.5. The molecule has 0 radical (unpaired) electrons. The zero-order valence-corrected chi connectivity index (χ0v) is 23.1. The summed E-state index contributed by atoms with van der Waals surface area (Å²) in [6, 6.07) is 8.96. The Morgan fingerprint density at radius 1 is 1.11 bits per heavy atom. The van der Waals surface area contributed by atoms with Crippen molar-refractivity contribution in [1.82, 2.24) is 0 Å². The van der Waals surface area contributed by atoms with Crippen molar-refractivity contribution in [2.24, 2.45) is 17.8 Å². The quantitative estimate of drug-likeness (QED) is 0.307. The summed E-state index contributed by atoms with van der Waals surface area (Å²) >= 11 is 0. The van der Waals surface area contributed by atoms with E-state index in [1.54, 1.807) is 12.1 Å². The minimum Gasteiger partial charge on any atom is -0.493 e. The number of carboxylic acid groups (broad SMARTS) is 1. The van der Waals surface area contributed by atoms with Gasteiger partial charge in [0.2, 0.25) is 0 Å². The van der Waals surface area contributed by atoms with E-state index in [1.165, 1.54) is 44.6 Å². The number of hydrogen-bond donors (Lipinski definition) is 2. The van der Waals surface area contributed by atoms with Crippen LogP contribution in [0.5, 0.6) is 11.5 Å². The molecule has 2 aromatic carbocycles. The number of hydrogen-bond acceptors (Lipinski definition) is 7. The van der Waals surface area contributed by atoms with Crippen LogP contribution in [0, 0.1) is 17.8 Å². The van der Waals surface area contributed by atoms with E-state index in [0.29, 0.717) is 11.8 Å². The Balaban J connectivity index is 1.96. The van der Waals surface area contributed by atoms with Gasteiger partial charge in [0.1, 0.15) is 11.0 Å². The molecule has 0 aromatic heterocycles. The lowest BCUT2D eigenvalue weighted by Crippen LogP contribution is -2.36. The zero-order valence-electron chi connectivity index (χ0n) is 22.3. The molecule has 3 atom stereocenters. The number of carbonyl (C=O) groups excluding carboxylic acids is 1. The highest BCUT2D eigenvalue weighted by molar-refractivity contribution is 7.92. The number of carbonyl (C=O) groups is 2. The number of ether oxygens (including phenoxy) is 3. The lowest BCUT2D eigenvalue weighted by molar-refractivity contribution is -0.131. The fourth-order valence-electron chi connectivity index (χ4n) is 4.81. The van der Waals surface area contributed by atoms with E-state index in [9.17, 15) is 18.0 Å². The van der Waals surface area contributed by atoms with Crippen LogP contribution in [0.15, 0.2) is 47.4 Å². The lowest BCUT2D eigenvalue weighted by atomic mass is 9.75. The van der Waals surface area contributed by atoms with E-state index in [0.717, 1.165) is 25.3 Å². The predicted octanol–water partition coefficient (Wildman–Crippen LogP) is 5.22. The number of nitrogens with one attached hydrogen (secondary N) is 1. The van der Waals surface area contributed by atoms with Crippen LogP contribution in [0.1, 0.15) is 56.0 Å². The van der Waals surface area contributed by atoms with Crippen LogP contribution < -0.4 is 14.2 Å². The molecular weight excluding hydrogens is 510 g/mol. The van der Waals surface area contributed by atoms with Gasteiger partial charge in [0, 0.05) is 6.08 Å². The first kappa shape index (κ1) is 29.0. The van der Waals surface area contributed by atoms with Crippen LogP contribution in [-0.2, 0) is 19.6 Å². The summed E-state index contributed by atoms with van der Waals surface area (Å²) in [6.07, 6.45) is 4.69. The summed E-state index contributed by atoms with van der Waals surface area (Å²) in [5.41, 5.74) is 0.406. The van der Waals surface area contributed by atoms with E-state index in [-0.39, 0.29) is 45.2 Å². The van der Waals surface area contributed by atoms with Crippen molar-refractivity contribution < 1.29 is 37.3 Å². The van der Waals surface area contributed by atoms with Crippen LogP contribution in [0.3, 0.4) is 0 Å². The molecule has 2 N–H and O–H groups in total. The third-order valence-electron chi connectivity index (χ3n) is 6.79. The van der Waals surface area contributed by atoms with Crippen molar-refractivity contribution in [3.05, 3.63) is 53.6 Å². The third kappa shape index (κ3) is 6.86. The minimum atomic E-state index is -4.32. The Hall–Kier alpha value is -3.53. The van der Waals surface area contributed by atoms with Gasteiger partial charge >= 0.3 is 11.9 Å². The molecule has 1 aliphatic rings. The van der Waals surface area contributed by atoms with E-state index in [2.05, 4.69) is 25.5 Å². The molecule has 2 aromatic rings.